The van der Waals surface area contributed by atoms with Crippen molar-refractivity contribution in [1.82, 2.24) is 4.90 Å². The maximum absolute atomic E-state index is 11.5. The number of ketones is 1. The zero-order chi connectivity index (χ0) is 11.3. The van der Waals surface area contributed by atoms with Gasteiger partial charge in [0.05, 0.1) is 0 Å². The summed E-state index contributed by atoms with van der Waals surface area (Å²) >= 11 is 0. The van der Waals surface area contributed by atoms with Crippen molar-refractivity contribution < 1.29 is 4.79 Å². The van der Waals surface area contributed by atoms with Gasteiger partial charge in [0.1, 0.15) is 0 Å². The van der Waals surface area contributed by atoms with Crippen molar-refractivity contribution in [3.05, 3.63) is 11.8 Å². The first-order chi connectivity index (χ1) is 7.19. The maximum Gasteiger partial charge on any atom is 0.159 e. The summed E-state index contributed by atoms with van der Waals surface area (Å²) < 4.78 is 0. The normalized spacial score (nSPS) is 21.8. The third-order valence-corrected chi connectivity index (χ3v) is 2.98. The third kappa shape index (κ3) is 3.37. The fourth-order valence-corrected chi connectivity index (χ4v) is 2.18. The second-order valence-corrected chi connectivity index (χ2v) is 4.45. The minimum absolute atomic E-state index is 0.304. The number of carbonyl (C=O) groups excluding carboxylic acids is 1. The van der Waals surface area contributed by atoms with E-state index in [9.17, 15) is 4.79 Å². The van der Waals surface area contributed by atoms with E-state index in [2.05, 4.69) is 25.7 Å². The van der Waals surface area contributed by atoms with Gasteiger partial charge in [-0.3, -0.25) is 4.79 Å². The molecule has 1 atom stereocenters. The molecule has 0 aromatic carbocycles. The van der Waals surface area contributed by atoms with Crippen LogP contribution in [-0.2, 0) is 4.79 Å². The number of hydrogen-bond donors (Lipinski definition) is 0. The van der Waals surface area contributed by atoms with Gasteiger partial charge >= 0.3 is 0 Å². The number of carbonyl (C=O) groups is 1. The van der Waals surface area contributed by atoms with Gasteiger partial charge in [0.25, 0.3) is 0 Å². The van der Waals surface area contributed by atoms with Crippen molar-refractivity contribution in [2.45, 2.75) is 58.9 Å². The standard InChI is InChI=1S/C13H23NO/c1-4-6-8-14-11(3)9-13(15)10-12(14)7-5-2/h10-11H,4-9H2,1-3H3. The highest BCUT2D eigenvalue weighted by Gasteiger charge is 2.23. The summed E-state index contributed by atoms with van der Waals surface area (Å²) in [6, 6.07) is 0.399. The van der Waals surface area contributed by atoms with E-state index >= 15 is 0 Å². The zero-order valence-electron chi connectivity index (χ0n) is 10.3. The molecule has 0 radical (unpaired) electrons. The Labute approximate surface area is 93.3 Å². The van der Waals surface area contributed by atoms with Crippen LogP contribution >= 0.6 is 0 Å². The van der Waals surface area contributed by atoms with Crippen molar-refractivity contribution in [2.24, 2.45) is 0 Å². The number of unbranched alkanes of at least 4 members (excludes halogenated alkanes) is 1. The van der Waals surface area contributed by atoms with Crippen LogP contribution < -0.4 is 0 Å². The predicted molar refractivity (Wildman–Crippen MR) is 63.7 cm³/mol. The SMILES string of the molecule is CCCCN1C(CCC)=CC(=O)CC1C. The summed E-state index contributed by atoms with van der Waals surface area (Å²) in [5.41, 5.74) is 1.26. The van der Waals surface area contributed by atoms with Gasteiger partial charge in [-0.1, -0.05) is 26.7 Å². The summed E-state index contributed by atoms with van der Waals surface area (Å²) in [6.45, 7) is 7.65. The fourth-order valence-electron chi connectivity index (χ4n) is 2.18. The first-order valence-corrected chi connectivity index (χ1v) is 6.19. The molecule has 1 unspecified atom stereocenters. The number of nitrogens with zero attached hydrogens (tertiary/aromatic N) is 1. The first-order valence-electron chi connectivity index (χ1n) is 6.19. The van der Waals surface area contributed by atoms with E-state index in [0.717, 1.165) is 19.4 Å². The molecule has 0 spiro atoms. The van der Waals surface area contributed by atoms with Crippen LogP contribution in [0, 0.1) is 0 Å². The van der Waals surface area contributed by atoms with Crippen LogP contribution in [0.25, 0.3) is 0 Å². The molecule has 86 valence electrons. The average Bonchev–Trinajstić information content (AvgIpc) is 2.17. The van der Waals surface area contributed by atoms with E-state index < -0.39 is 0 Å². The summed E-state index contributed by atoms with van der Waals surface area (Å²) in [6.07, 6.45) is 7.15. The number of rotatable bonds is 5. The van der Waals surface area contributed by atoms with Crippen molar-refractivity contribution in [1.29, 1.82) is 0 Å². The van der Waals surface area contributed by atoms with Gasteiger partial charge in [-0.2, -0.15) is 0 Å². The van der Waals surface area contributed by atoms with E-state index in [4.69, 9.17) is 0 Å². The molecule has 0 aliphatic carbocycles. The lowest BCUT2D eigenvalue weighted by atomic mass is 10.0. The number of hydrogen-bond acceptors (Lipinski definition) is 2. The lowest BCUT2D eigenvalue weighted by Crippen LogP contribution is -2.38. The monoisotopic (exact) mass is 209 g/mol. The van der Waals surface area contributed by atoms with Crippen LogP contribution in [0.3, 0.4) is 0 Å². The summed E-state index contributed by atoms with van der Waals surface area (Å²) in [5.74, 6) is 0.304. The Kier molecular flexibility index (Phi) is 4.86. The molecule has 0 saturated carbocycles. The molecule has 1 rings (SSSR count). The fraction of sp³-hybridized carbons (Fsp3) is 0.769. The zero-order valence-corrected chi connectivity index (χ0v) is 10.3. The van der Waals surface area contributed by atoms with Crippen molar-refractivity contribution in [3.8, 4) is 0 Å². The van der Waals surface area contributed by atoms with Crippen molar-refractivity contribution in [2.75, 3.05) is 6.54 Å². The van der Waals surface area contributed by atoms with Crippen LogP contribution in [0.4, 0.5) is 0 Å². The summed E-state index contributed by atoms with van der Waals surface area (Å²) in [5, 5.41) is 0. The second kappa shape index (κ2) is 5.94. The molecular weight excluding hydrogens is 186 g/mol. The highest BCUT2D eigenvalue weighted by molar-refractivity contribution is 5.91. The van der Waals surface area contributed by atoms with Gasteiger partial charge in [0, 0.05) is 30.8 Å². The van der Waals surface area contributed by atoms with E-state index in [1.807, 2.05) is 6.08 Å². The molecular formula is C13H23NO. The van der Waals surface area contributed by atoms with Crippen LogP contribution in [0.5, 0.6) is 0 Å². The molecule has 2 heteroatoms. The van der Waals surface area contributed by atoms with Crippen molar-refractivity contribution in [3.63, 3.8) is 0 Å². The second-order valence-electron chi connectivity index (χ2n) is 4.45. The Bertz CT molecular complexity index is 245. The van der Waals surface area contributed by atoms with Gasteiger partial charge in [-0.15, -0.1) is 0 Å². The minimum atomic E-state index is 0.304. The van der Waals surface area contributed by atoms with E-state index in [1.54, 1.807) is 0 Å². The Hall–Kier alpha value is -0.790. The molecule has 0 aromatic rings. The maximum atomic E-state index is 11.5. The van der Waals surface area contributed by atoms with Crippen LogP contribution in [-0.4, -0.2) is 23.3 Å². The lowest BCUT2D eigenvalue weighted by Gasteiger charge is -2.36. The highest BCUT2D eigenvalue weighted by atomic mass is 16.1. The molecule has 0 amide bonds. The molecule has 0 fully saturated rings. The van der Waals surface area contributed by atoms with Gasteiger partial charge < -0.3 is 4.90 Å². The third-order valence-electron chi connectivity index (χ3n) is 2.98. The molecule has 1 aliphatic heterocycles. The summed E-state index contributed by atoms with van der Waals surface area (Å²) in [7, 11) is 0. The summed E-state index contributed by atoms with van der Waals surface area (Å²) in [4.78, 5) is 13.9. The van der Waals surface area contributed by atoms with E-state index in [0.29, 0.717) is 18.2 Å². The largest absolute Gasteiger partial charge is 0.372 e. The Balaban J connectivity index is 2.69. The lowest BCUT2D eigenvalue weighted by molar-refractivity contribution is -0.116. The Morgan fingerprint density at radius 2 is 2.13 bits per heavy atom. The topological polar surface area (TPSA) is 20.3 Å². The quantitative estimate of drug-likeness (QED) is 0.693. The van der Waals surface area contributed by atoms with Gasteiger partial charge in [-0.05, 0) is 19.8 Å². The van der Waals surface area contributed by atoms with E-state index in [1.165, 1.54) is 18.5 Å². The molecule has 0 aromatic heterocycles. The molecule has 1 heterocycles. The Morgan fingerprint density at radius 3 is 2.73 bits per heavy atom. The van der Waals surface area contributed by atoms with Gasteiger partial charge in [0.15, 0.2) is 5.78 Å². The molecule has 0 N–H and O–H groups in total. The van der Waals surface area contributed by atoms with Crippen LogP contribution in [0.2, 0.25) is 0 Å². The van der Waals surface area contributed by atoms with Crippen LogP contribution in [0.15, 0.2) is 11.8 Å². The van der Waals surface area contributed by atoms with Gasteiger partial charge in [-0.25, -0.2) is 0 Å². The molecule has 0 bridgehead atoms. The molecule has 2 nitrogen and oxygen atoms in total. The number of allylic oxidation sites excluding steroid dienone is 2. The van der Waals surface area contributed by atoms with Crippen LogP contribution in [0.1, 0.15) is 52.9 Å². The minimum Gasteiger partial charge on any atom is -0.372 e. The first kappa shape index (κ1) is 12.3. The Morgan fingerprint density at radius 1 is 1.40 bits per heavy atom. The molecule has 1 aliphatic rings. The van der Waals surface area contributed by atoms with Crippen molar-refractivity contribution >= 4 is 5.78 Å². The van der Waals surface area contributed by atoms with Gasteiger partial charge in [0.2, 0.25) is 0 Å². The predicted octanol–water partition coefficient (Wildman–Crippen LogP) is 3.13. The highest BCUT2D eigenvalue weighted by Crippen LogP contribution is 2.23. The molecule has 15 heavy (non-hydrogen) atoms. The average molecular weight is 209 g/mol. The smallest absolute Gasteiger partial charge is 0.159 e. The molecule has 0 saturated heterocycles. The van der Waals surface area contributed by atoms with E-state index in [-0.39, 0.29) is 0 Å².